The minimum absolute atomic E-state index is 0.0610. The van der Waals surface area contributed by atoms with Crippen molar-refractivity contribution in [3.05, 3.63) is 94.7 Å². The highest BCUT2D eigenvalue weighted by atomic mass is 32.2. The molecule has 1 aliphatic carbocycles. The number of ether oxygens (including phenoxy) is 2. The van der Waals surface area contributed by atoms with Gasteiger partial charge in [-0.25, -0.2) is 0 Å². The number of anilines is 1. The predicted molar refractivity (Wildman–Crippen MR) is 273 cm³/mol. The standard InChI is InChI=1S/C46H54N2O22S6/c1-7-69-42(49)46(43(50)70-8-2)26-28(21-29(27-46)12-16-39-45(5,6)41-35(48(39)18-10-20-72(54,55)56)23-31(74(60,61)62)25-37(41)76(66,67)68)11-15-38-44(3,4)40-33-22-30(73(57,58)59)24-36(75(63,64)65)32(33)13-14-34(40)47(38)17-9-19-71(51,52)53/h11-16,21-25H,7-10,17-20,26-27H2,1-6H3,(H5-,51,52,53,54,55,56,57,58,59,60,61,62,63,64,65,66,67,68)/p+1. The number of nitrogens with zero attached hydrogens (tertiary/aromatic N) is 2. The van der Waals surface area contributed by atoms with Gasteiger partial charge in [-0.1, -0.05) is 32.1 Å². The molecule has 0 amide bonds. The topological polar surface area (TPSA) is 385 Å². The Bertz CT molecular complexity index is 3820. The van der Waals surface area contributed by atoms with E-state index in [9.17, 15) is 87.4 Å². The average molecular weight is 1180 g/mol. The molecule has 0 aromatic heterocycles. The van der Waals surface area contributed by atoms with Gasteiger partial charge in [0, 0.05) is 58.4 Å². The SMILES string of the molecule is CCOC(=O)C1(C(=O)OCC)CC(/C=C/C2=[N+](CCCS(=O)(=O)O)c3ccc4c(S(=O)(=O)O)cc(S(=O)(=O)O)cc4c3C2(C)C)=CC(=C/C=C2/N(CCCS(=O)(=O)O)c3cc(S(=O)(=O)O)cc(S(=O)(=O)O)c3C2(C)C)/C1. The fourth-order valence-electron chi connectivity index (χ4n) is 10.1. The molecule has 0 fully saturated rings. The van der Waals surface area contributed by atoms with Gasteiger partial charge in [-0.2, -0.15) is 55.1 Å². The Hall–Kier alpha value is -5.25. The van der Waals surface area contributed by atoms with Crippen LogP contribution in [-0.2, 0) is 90.6 Å². The number of carbonyl (C=O) groups excluding carboxylic acids is 2. The number of allylic oxidation sites excluding steroid dienone is 8. The number of hydrogen-bond acceptors (Lipinski definition) is 17. The van der Waals surface area contributed by atoms with Crippen LogP contribution >= 0.6 is 0 Å². The Morgan fingerprint density at radius 3 is 1.70 bits per heavy atom. The first-order valence-corrected chi connectivity index (χ1v) is 31.8. The van der Waals surface area contributed by atoms with Gasteiger partial charge in [0.2, 0.25) is 5.69 Å². The molecule has 416 valence electrons. The zero-order valence-electron chi connectivity index (χ0n) is 41.5. The van der Waals surface area contributed by atoms with Crippen molar-refractivity contribution in [2.45, 2.75) is 97.6 Å². The molecular weight excluding hydrogens is 1120 g/mol. The molecule has 0 bridgehead atoms. The van der Waals surface area contributed by atoms with Crippen LogP contribution in [0, 0.1) is 5.41 Å². The second-order valence-corrected chi connectivity index (χ2v) is 27.9. The van der Waals surface area contributed by atoms with Crippen LogP contribution in [0.5, 0.6) is 0 Å². The normalized spacial score (nSPS) is 18.8. The van der Waals surface area contributed by atoms with Gasteiger partial charge < -0.3 is 14.4 Å². The molecule has 6 rings (SSSR count). The van der Waals surface area contributed by atoms with Crippen molar-refractivity contribution in [1.29, 1.82) is 0 Å². The van der Waals surface area contributed by atoms with Crippen molar-refractivity contribution in [2.24, 2.45) is 5.41 Å². The maximum Gasteiger partial charge on any atom is 0.324 e. The Morgan fingerprint density at radius 2 is 1.17 bits per heavy atom. The highest BCUT2D eigenvalue weighted by molar-refractivity contribution is 7.87. The number of benzene rings is 3. The van der Waals surface area contributed by atoms with Gasteiger partial charge in [0.15, 0.2) is 11.1 Å². The summed E-state index contributed by atoms with van der Waals surface area (Å²) in [5, 5.41) is -0.217. The lowest BCUT2D eigenvalue weighted by molar-refractivity contribution is -0.437. The highest BCUT2D eigenvalue weighted by Gasteiger charge is 2.52. The maximum absolute atomic E-state index is 14.2. The summed E-state index contributed by atoms with van der Waals surface area (Å²) in [6.07, 6.45) is 6.08. The van der Waals surface area contributed by atoms with Crippen LogP contribution in [0.3, 0.4) is 0 Å². The lowest BCUT2D eigenvalue weighted by atomic mass is 9.71. The second-order valence-electron chi connectivity index (χ2n) is 19.1. The Labute approximate surface area is 440 Å². The summed E-state index contributed by atoms with van der Waals surface area (Å²) in [6, 6.07) is 5.75. The smallest absolute Gasteiger partial charge is 0.324 e. The molecule has 0 saturated carbocycles. The molecule has 0 spiro atoms. The van der Waals surface area contributed by atoms with Crippen molar-refractivity contribution >= 4 is 101 Å². The summed E-state index contributed by atoms with van der Waals surface area (Å²) in [5.74, 6) is -3.56. The molecule has 0 radical (unpaired) electrons. The van der Waals surface area contributed by atoms with Gasteiger partial charge in [0.05, 0.1) is 39.9 Å². The Kier molecular flexibility index (Phi) is 16.5. The van der Waals surface area contributed by atoms with Crippen LogP contribution in [0.15, 0.2) is 103 Å². The second kappa shape index (κ2) is 20.8. The summed E-state index contributed by atoms with van der Waals surface area (Å²) >= 11 is 0. The van der Waals surface area contributed by atoms with Gasteiger partial charge in [-0.3, -0.25) is 36.9 Å². The van der Waals surface area contributed by atoms with Gasteiger partial charge in [-0.05, 0) is 99.9 Å². The first-order valence-electron chi connectivity index (χ1n) is 22.9. The molecule has 2 heterocycles. The van der Waals surface area contributed by atoms with Crippen LogP contribution in [-0.4, -0.2) is 138 Å². The predicted octanol–water partition coefficient (Wildman–Crippen LogP) is 4.76. The lowest BCUT2D eigenvalue weighted by Gasteiger charge is -2.33. The third kappa shape index (κ3) is 12.4. The highest BCUT2D eigenvalue weighted by Crippen LogP contribution is 2.52. The van der Waals surface area contributed by atoms with Crippen molar-refractivity contribution < 1.29 is 101 Å². The zero-order chi connectivity index (χ0) is 57.2. The molecule has 0 atom stereocenters. The van der Waals surface area contributed by atoms with E-state index in [0.29, 0.717) is 17.8 Å². The minimum atomic E-state index is -5.25. The third-order valence-electron chi connectivity index (χ3n) is 13.1. The molecule has 76 heavy (non-hydrogen) atoms. The van der Waals surface area contributed by atoms with E-state index in [-0.39, 0.29) is 95.7 Å². The minimum Gasteiger partial charge on any atom is -0.465 e. The van der Waals surface area contributed by atoms with E-state index < -0.39 is 126 Å². The summed E-state index contributed by atoms with van der Waals surface area (Å²) in [4.78, 5) is 26.0. The summed E-state index contributed by atoms with van der Waals surface area (Å²) in [6.45, 7) is 8.38. The third-order valence-corrected chi connectivity index (χ3v) is 18.2. The maximum atomic E-state index is 14.2. The Balaban J connectivity index is 1.62. The van der Waals surface area contributed by atoms with Crippen LogP contribution < -0.4 is 4.90 Å². The van der Waals surface area contributed by atoms with Crippen molar-refractivity contribution in [2.75, 3.05) is 42.7 Å². The number of rotatable bonds is 19. The van der Waals surface area contributed by atoms with Crippen LogP contribution in [0.25, 0.3) is 10.8 Å². The number of fused-ring (bicyclic) bond motifs is 4. The van der Waals surface area contributed by atoms with E-state index in [1.54, 1.807) is 24.5 Å². The van der Waals surface area contributed by atoms with Crippen molar-refractivity contribution in [3.63, 3.8) is 0 Å². The van der Waals surface area contributed by atoms with E-state index in [2.05, 4.69) is 0 Å². The summed E-state index contributed by atoms with van der Waals surface area (Å²) in [5.41, 5.74) is -3.92. The van der Waals surface area contributed by atoms with Gasteiger partial charge in [-0.15, -0.1) is 0 Å². The Morgan fingerprint density at radius 1 is 0.632 bits per heavy atom. The summed E-state index contributed by atoms with van der Waals surface area (Å²) < 4.78 is 221. The average Bonchev–Trinajstić information content (AvgIpc) is 3.62. The van der Waals surface area contributed by atoms with E-state index in [1.807, 2.05) is 0 Å². The molecule has 6 N–H and O–H groups in total. The van der Waals surface area contributed by atoms with Gasteiger partial charge in [0.1, 0.15) is 16.3 Å². The van der Waals surface area contributed by atoms with Crippen LogP contribution in [0.4, 0.5) is 11.4 Å². The van der Waals surface area contributed by atoms with E-state index >= 15 is 0 Å². The first-order chi connectivity index (χ1) is 34.7. The van der Waals surface area contributed by atoms with Gasteiger partial charge >= 0.3 is 11.9 Å². The zero-order valence-corrected chi connectivity index (χ0v) is 46.4. The van der Waals surface area contributed by atoms with E-state index in [1.165, 1.54) is 69.0 Å². The molecule has 0 unspecified atom stereocenters. The molecule has 3 aromatic carbocycles. The number of esters is 2. The number of hydrogen-bond donors (Lipinski definition) is 6. The van der Waals surface area contributed by atoms with E-state index in [4.69, 9.17) is 9.47 Å². The molecule has 3 aliphatic rings. The number of carbonyl (C=O) groups is 2. The van der Waals surface area contributed by atoms with Gasteiger partial charge in [0.25, 0.3) is 60.7 Å². The molecular formula is C46H55N2O22S6+. The largest absolute Gasteiger partial charge is 0.465 e. The van der Waals surface area contributed by atoms with Crippen molar-refractivity contribution in [3.8, 4) is 0 Å². The van der Waals surface area contributed by atoms with Crippen LogP contribution in [0.2, 0.25) is 0 Å². The summed E-state index contributed by atoms with van der Waals surface area (Å²) in [7, 11) is -29.8. The quantitative estimate of drug-likeness (QED) is 0.0408. The molecule has 0 saturated heterocycles. The molecule has 3 aromatic rings. The lowest BCUT2D eigenvalue weighted by Crippen LogP contribution is -2.44. The molecule has 2 aliphatic heterocycles. The monoisotopic (exact) mass is 1180 g/mol. The fraction of sp³-hybridized carbons (Fsp3) is 0.413. The molecule has 30 heteroatoms. The first kappa shape index (κ1) is 60.0. The van der Waals surface area contributed by atoms with E-state index in [0.717, 1.165) is 12.1 Å². The van der Waals surface area contributed by atoms with Crippen LogP contribution in [0.1, 0.15) is 78.4 Å². The molecule has 24 nitrogen and oxygen atoms in total. The van der Waals surface area contributed by atoms with Crippen molar-refractivity contribution in [1.82, 2.24) is 0 Å². The fourth-order valence-corrected chi connectivity index (χ4v) is 13.9.